The van der Waals surface area contributed by atoms with Crippen molar-refractivity contribution < 1.29 is 9.50 Å². The largest absolute Gasteiger partial charge is 0.387 e. The Labute approximate surface area is 156 Å². The molecule has 3 N–H and O–H groups in total. The Kier molecular flexibility index (Phi) is 7.85. The van der Waals surface area contributed by atoms with Gasteiger partial charge in [0.15, 0.2) is 5.96 Å². The maximum atomic E-state index is 13.0. The molecular formula is C20H33FN4O. The molecule has 0 amide bonds. The Hall–Kier alpha value is -1.66. The Morgan fingerprint density at radius 2 is 1.85 bits per heavy atom. The maximum absolute atomic E-state index is 13.0. The van der Waals surface area contributed by atoms with Crippen LogP contribution in [-0.2, 0) is 0 Å². The minimum Gasteiger partial charge on any atom is -0.387 e. The van der Waals surface area contributed by atoms with Crippen LogP contribution >= 0.6 is 0 Å². The molecule has 0 aliphatic carbocycles. The van der Waals surface area contributed by atoms with Gasteiger partial charge in [0, 0.05) is 18.6 Å². The van der Waals surface area contributed by atoms with Crippen molar-refractivity contribution in [3.63, 3.8) is 0 Å². The number of likely N-dealkylation sites (tertiary alicyclic amines) is 1. The van der Waals surface area contributed by atoms with Crippen LogP contribution in [-0.4, -0.2) is 54.2 Å². The van der Waals surface area contributed by atoms with Gasteiger partial charge in [0.25, 0.3) is 0 Å². The topological polar surface area (TPSA) is 59.9 Å². The van der Waals surface area contributed by atoms with Gasteiger partial charge in [-0.2, -0.15) is 0 Å². The Bertz CT molecular complexity index is 568. The lowest BCUT2D eigenvalue weighted by molar-refractivity contribution is 0.102. The summed E-state index contributed by atoms with van der Waals surface area (Å²) in [6.07, 6.45) is 3.13. The first-order valence-electron chi connectivity index (χ1n) is 9.63. The smallest absolute Gasteiger partial charge is 0.191 e. The zero-order valence-electron chi connectivity index (χ0n) is 16.3. The lowest BCUT2D eigenvalue weighted by Crippen LogP contribution is -2.49. The summed E-state index contributed by atoms with van der Waals surface area (Å²) in [4.78, 5) is 7.23. The molecule has 1 atom stereocenters. The van der Waals surface area contributed by atoms with Gasteiger partial charge in [0.1, 0.15) is 5.82 Å². The summed E-state index contributed by atoms with van der Waals surface area (Å²) in [6, 6.07) is 5.92. The number of piperidine rings is 1. The highest BCUT2D eigenvalue weighted by atomic mass is 19.1. The number of guanidine groups is 1. The average molecular weight is 365 g/mol. The molecule has 26 heavy (non-hydrogen) atoms. The van der Waals surface area contributed by atoms with Crippen LogP contribution in [0.4, 0.5) is 4.39 Å². The van der Waals surface area contributed by atoms with E-state index >= 15 is 0 Å². The van der Waals surface area contributed by atoms with Crippen molar-refractivity contribution in [1.82, 2.24) is 15.5 Å². The van der Waals surface area contributed by atoms with E-state index in [0.29, 0.717) is 24.6 Å². The number of hydrogen-bond donors (Lipinski definition) is 3. The highest BCUT2D eigenvalue weighted by Crippen LogP contribution is 2.20. The molecule has 1 saturated heterocycles. The van der Waals surface area contributed by atoms with Crippen molar-refractivity contribution in [2.75, 3.05) is 32.7 Å². The quantitative estimate of drug-likeness (QED) is 0.514. The van der Waals surface area contributed by atoms with Gasteiger partial charge in [-0.25, -0.2) is 4.39 Å². The SMILES string of the molecule is CCNC(=NCC(C)(C)N1CCCCC1)NCC(O)c1ccc(F)cc1. The van der Waals surface area contributed by atoms with Gasteiger partial charge in [0.2, 0.25) is 0 Å². The van der Waals surface area contributed by atoms with Crippen LogP contribution in [0.2, 0.25) is 0 Å². The van der Waals surface area contributed by atoms with Crippen molar-refractivity contribution >= 4 is 5.96 Å². The molecule has 1 aliphatic heterocycles. The Morgan fingerprint density at radius 1 is 1.19 bits per heavy atom. The van der Waals surface area contributed by atoms with E-state index in [-0.39, 0.29) is 11.4 Å². The van der Waals surface area contributed by atoms with Crippen LogP contribution in [0.15, 0.2) is 29.3 Å². The molecule has 1 fully saturated rings. The van der Waals surface area contributed by atoms with Gasteiger partial charge in [-0.1, -0.05) is 18.6 Å². The Morgan fingerprint density at radius 3 is 2.46 bits per heavy atom. The number of halogens is 1. The summed E-state index contributed by atoms with van der Waals surface area (Å²) in [5, 5.41) is 16.7. The number of aliphatic hydroxyl groups is 1. The van der Waals surface area contributed by atoms with E-state index in [9.17, 15) is 9.50 Å². The summed E-state index contributed by atoms with van der Waals surface area (Å²) < 4.78 is 13.0. The molecule has 0 radical (unpaired) electrons. The molecule has 0 spiro atoms. The molecule has 1 heterocycles. The van der Waals surface area contributed by atoms with Crippen LogP contribution in [0.3, 0.4) is 0 Å². The normalized spacial score (nSPS) is 17.8. The first-order valence-corrected chi connectivity index (χ1v) is 9.63. The van der Waals surface area contributed by atoms with Crippen molar-refractivity contribution in [2.24, 2.45) is 4.99 Å². The van der Waals surface area contributed by atoms with Gasteiger partial charge in [0.05, 0.1) is 12.6 Å². The van der Waals surface area contributed by atoms with Crippen LogP contribution in [0, 0.1) is 5.82 Å². The van der Waals surface area contributed by atoms with E-state index in [1.807, 2.05) is 6.92 Å². The van der Waals surface area contributed by atoms with Crippen molar-refractivity contribution in [3.8, 4) is 0 Å². The summed E-state index contributed by atoms with van der Waals surface area (Å²) in [7, 11) is 0. The second kappa shape index (κ2) is 9.88. The number of aliphatic hydroxyl groups excluding tert-OH is 1. The van der Waals surface area contributed by atoms with Crippen molar-refractivity contribution in [3.05, 3.63) is 35.6 Å². The number of benzene rings is 1. The van der Waals surface area contributed by atoms with Gasteiger partial charge >= 0.3 is 0 Å². The van der Waals surface area contributed by atoms with Gasteiger partial charge in [-0.15, -0.1) is 0 Å². The van der Waals surface area contributed by atoms with E-state index in [0.717, 1.165) is 19.6 Å². The van der Waals surface area contributed by atoms with E-state index in [1.165, 1.54) is 31.4 Å². The first kappa shape index (κ1) is 20.6. The molecule has 0 aromatic heterocycles. The molecule has 1 aromatic rings. The summed E-state index contributed by atoms with van der Waals surface area (Å²) in [5.41, 5.74) is 0.696. The van der Waals surface area contributed by atoms with Crippen LogP contribution < -0.4 is 10.6 Å². The third-order valence-corrected chi connectivity index (χ3v) is 4.90. The second-order valence-electron chi connectivity index (χ2n) is 7.50. The molecule has 1 aromatic carbocycles. The first-order chi connectivity index (χ1) is 12.4. The third kappa shape index (κ3) is 6.25. The molecule has 5 nitrogen and oxygen atoms in total. The predicted octanol–water partition coefficient (Wildman–Crippen LogP) is 2.68. The molecule has 1 aliphatic rings. The zero-order chi connectivity index (χ0) is 19.0. The molecule has 6 heteroatoms. The molecule has 0 saturated carbocycles. The maximum Gasteiger partial charge on any atom is 0.191 e. The van der Waals surface area contributed by atoms with E-state index in [4.69, 9.17) is 4.99 Å². The zero-order valence-corrected chi connectivity index (χ0v) is 16.3. The fraction of sp³-hybridized carbons (Fsp3) is 0.650. The second-order valence-corrected chi connectivity index (χ2v) is 7.50. The molecule has 146 valence electrons. The molecule has 0 bridgehead atoms. The number of rotatable bonds is 7. The number of aliphatic imine (C=N–C) groups is 1. The molecule has 1 unspecified atom stereocenters. The van der Waals surface area contributed by atoms with Gasteiger partial charge < -0.3 is 15.7 Å². The minimum atomic E-state index is -0.713. The number of nitrogens with zero attached hydrogens (tertiary/aromatic N) is 2. The van der Waals surface area contributed by atoms with E-state index < -0.39 is 6.10 Å². The fourth-order valence-corrected chi connectivity index (χ4v) is 3.21. The van der Waals surface area contributed by atoms with Crippen molar-refractivity contribution in [2.45, 2.75) is 51.7 Å². The Balaban J connectivity index is 1.91. The fourth-order valence-electron chi connectivity index (χ4n) is 3.21. The third-order valence-electron chi connectivity index (χ3n) is 4.90. The standard InChI is InChI=1S/C20H33FN4O/c1-4-22-19(23-14-18(26)16-8-10-17(21)11-9-16)24-15-20(2,3)25-12-6-5-7-13-25/h8-11,18,26H,4-7,12-15H2,1-3H3,(H2,22,23,24). The van der Waals surface area contributed by atoms with Crippen LogP contribution in [0.25, 0.3) is 0 Å². The molecular weight excluding hydrogens is 331 g/mol. The van der Waals surface area contributed by atoms with Gasteiger partial charge in [-0.3, -0.25) is 9.89 Å². The number of nitrogens with one attached hydrogen (secondary N) is 2. The number of hydrogen-bond acceptors (Lipinski definition) is 3. The highest BCUT2D eigenvalue weighted by molar-refractivity contribution is 5.79. The predicted molar refractivity (Wildman–Crippen MR) is 105 cm³/mol. The summed E-state index contributed by atoms with van der Waals surface area (Å²) >= 11 is 0. The lowest BCUT2D eigenvalue weighted by Gasteiger charge is -2.40. The van der Waals surface area contributed by atoms with Crippen LogP contribution in [0.1, 0.15) is 51.7 Å². The molecule has 2 rings (SSSR count). The lowest BCUT2D eigenvalue weighted by atomic mass is 9.99. The summed E-state index contributed by atoms with van der Waals surface area (Å²) in [5.74, 6) is 0.391. The van der Waals surface area contributed by atoms with Gasteiger partial charge in [-0.05, 0) is 64.4 Å². The average Bonchev–Trinajstić information content (AvgIpc) is 2.65. The van der Waals surface area contributed by atoms with E-state index in [1.54, 1.807) is 12.1 Å². The monoisotopic (exact) mass is 364 g/mol. The van der Waals surface area contributed by atoms with Crippen LogP contribution in [0.5, 0.6) is 0 Å². The minimum absolute atomic E-state index is 0.0122. The van der Waals surface area contributed by atoms with E-state index in [2.05, 4.69) is 29.4 Å². The summed E-state index contributed by atoms with van der Waals surface area (Å²) in [6.45, 7) is 10.5. The highest BCUT2D eigenvalue weighted by Gasteiger charge is 2.27. The van der Waals surface area contributed by atoms with Crippen molar-refractivity contribution in [1.29, 1.82) is 0 Å².